The third kappa shape index (κ3) is 3.44. The van der Waals surface area contributed by atoms with Crippen LogP contribution in [0.3, 0.4) is 0 Å². The van der Waals surface area contributed by atoms with Gasteiger partial charge < -0.3 is 5.32 Å². The largest absolute Gasteiger partial charge is 0.370 e. The first-order chi connectivity index (χ1) is 9.10. The summed E-state index contributed by atoms with van der Waals surface area (Å²) < 4.78 is 0. The van der Waals surface area contributed by atoms with Crippen molar-refractivity contribution in [2.24, 2.45) is 0 Å². The van der Waals surface area contributed by atoms with Gasteiger partial charge in [-0.25, -0.2) is 9.97 Å². The van der Waals surface area contributed by atoms with Crippen LogP contribution in [0.2, 0.25) is 5.02 Å². The molecule has 1 aromatic heterocycles. The SMILES string of the molecule is CCCNc1cc(C)nc(-c2ccc(Cl)cc2C)n1. The Balaban J connectivity index is 2.41. The van der Waals surface area contributed by atoms with E-state index in [1.54, 1.807) is 0 Å². The van der Waals surface area contributed by atoms with Crippen LogP contribution >= 0.6 is 11.6 Å². The van der Waals surface area contributed by atoms with E-state index in [9.17, 15) is 0 Å². The van der Waals surface area contributed by atoms with E-state index in [0.717, 1.165) is 46.5 Å². The number of nitrogens with one attached hydrogen (secondary N) is 1. The summed E-state index contributed by atoms with van der Waals surface area (Å²) in [6, 6.07) is 7.73. The first kappa shape index (κ1) is 13.8. The third-order valence-corrected chi connectivity index (χ3v) is 3.07. The summed E-state index contributed by atoms with van der Waals surface area (Å²) in [6.45, 7) is 7.04. The van der Waals surface area contributed by atoms with Crippen molar-refractivity contribution >= 4 is 17.4 Å². The number of rotatable bonds is 4. The number of nitrogens with zero attached hydrogens (tertiary/aromatic N) is 2. The zero-order chi connectivity index (χ0) is 13.8. The van der Waals surface area contributed by atoms with E-state index in [1.807, 2.05) is 38.1 Å². The van der Waals surface area contributed by atoms with Crippen molar-refractivity contribution in [1.82, 2.24) is 9.97 Å². The summed E-state index contributed by atoms with van der Waals surface area (Å²) in [5.41, 5.74) is 3.06. The number of aryl methyl sites for hydroxylation is 2. The molecule has 3 nitrogen and oxygen atoms in total. The van der Waals surface area contributed by atoms with E-state index in [0.29, 0.717) is 0 Å². The van der Waals surface area contributed by atoms with Crippen LogP contribution in [0.1, 0.15) is 24.6 Å². The average Bonchev–Trinajstić information content (AvgIpc) is 2.35. The molecule has 0 unspecified atom stereocenters. The standard InChI is InChI=1S/C15H18ClN3/c1-4-7-17-14-9-11(3)18-15(19-14)13-6-5-12(16)8-10(13)2/h5-6,8-9H,4,7H2,1-3H3,(H,17,18,19). The molecule has 0 radical (unpaired) electrons. The van der Waals surface area contributed by atoms with E-state index in [1.165, 1.54) is 0 Å². The van der Waals surface area contributed by atoms with Gasteiger partial charge in [-0.1, -0.05) is 18.5 Å². The molecule has 100 valence electrons. The summed E-state index contributed by atoms with van der Waals surface area (Å²) in [7, 11) is 0. The first-order valence-electron chi connectivity index (χ1n) is 6.46. The summed E-state index contributed by atoms with van der Waals surface area (Å²) in [5.74, 6) is 1.62. The zero-order valence-electron chi connectivity index (χ0n) is 11.5. The van der Waals surface area contributed by atoms with Crippen molar-refractivity contribution in [2.45, 2.75) is 27.2 Å². The number of halogens is 1. The Morgan fingerprint density at radius 2 is 1.95 bits per heavy atom. The van der Waals surface area contributed by atoms with Gasteiger partial charge in [0, 0.05) is 28.9 Å². The van der Waals surface area contributed by atoms with E-state index >= 15 is 0 Å². The van der Waals surface area contributed by atoms with Crippen LogP contribution in [0, 0.1) is 13.8 Å². The fourth-order valence-electron chi connectivity index (χ4n) is 1.91. The van der Waals surface area contributed by atoms with E-state index in [-0.39, 0.29) is 0 Å². The van der Waals surface area contributed by atoms with E-state index in [2.05, 4.69) is 22.2 Å². The average molecular weight is 276 g/mol. The Bertz CT molecular complexity index is 582. The monoisotopic (exact) mass is 275 g/mol. The second kappa shape index (κ2) is 6.02. The molecule has 0 amide bonds. The van der Waals surface area contributed by atoms with Crippen molar-refractivity contribution in [2.75, 3.05) is 11.9 Å². The topological polar surface area (TPSA) is 37.8 Å². The molecule has 1 heterocycles. The van der Waals surface area contributed by atoms with E-state index < -0.39 is 0 Å². The lowest BCUT2D eigenvalue weighted by molar-refractivity contribution is 0.962. The van der Waals surface area contributed by atoms with Gasteiger partial charge in [0.2, 0.25) is 0 Å². The van der Waals surface area contributed by atoms with Crippen molar-refractivity contribution < 1.29 is 0 Å². The molecule has 0 saturated heterocycles. The van der Waals surface area contributed by atoms with Gasteiger partial charge >= 0.3 is 0 Å². The molecule has 19 heavy (non-hydrogen) atoms. The predicted octanol–water partition coefficient (Wildman–Crippen LogP) is 4.24. The lowest BCUT2D eigenvalue weighted by Crippen LogP contribution is -2.04. The fraction of sp³-hybridized carbons (Fsp3) is 0.333. The molecule has 0 atom stereocenters. The van der Waals surface area contributed by atoms with Crippen molar-refractivity contribution in [3.63, 3.8) is 0 Å². The molecule has 0 bridgehead atoms. The molecule has 0 aliphatic carbocycles. The molecule has 2 rings (SSSR count). The maximum absolute atomic E-state index is 5.98. The summed E-state index contributed by atoms with van der Waals surface area (Å²) >= 11 is 5.98. The van der Waals surface area contributed by atoms with Crippen molar-refractivity contribution in [3.8, 4) is 11.4 Å². The number of hydrogen-bond acceptors (Lipinski definition) is 3. The normalized spacial score (nSPS) is 10.5. The molecular formula is C15H18ClN3. The number of hydrogen-bond donors (Lipinski definition) is 1. The lowest BCUT2D eigenvalue weighted by Gasteiger charge is -2.09. The van der Waals surface area contributed by atoms with Crippen LogP contribution in [0.5, 0.6) is 0 Å². The Morgan fingerprint density at radius 1 is 1.16 bits per heavy atom. The maximum Gasteiger partial charge on any atom is 0.162 e. The quantitative estimate of drug-likeness (QED) is 0.907. The molecule has 0 fully saturated rings. The Morgan fingerprint density at radius 3 is 2.63 bits per heavy atom. The third-order valence-electron chi connectivity index (χ3n) is 2.84. The van der Waals surface area contributed by atoms with Crippen LogP contribution < -0.4 is 5.32 Å². The van der Waals surface area contributed by atoms with Gasteiger partial charge in [0.05, 0.1) is 0 Å². The molecule has 0 aliphatic heterocycles. The smallest absolute Gasteiger partial charge is 0.162 e. The highest BCUT2D eigenvalue weighted by Gasteiger charge is 2.08. The number of anilines is 1. The highest BCUT2D eigenvalue weighted by molar-refractivity contribution is 6.30. The lowest BCUT2D eigenvalue weighted by atomic mass is 10.1. The fourth-order valence-corrected chi connectivity index (χ4v) is 2.14. The van der Waals surface area contributed by atoms with Crippen LogP contribution in [0.15, 0.2) is 24.3 Å². The number of benzene rings is 1. The molecule has 4 heteroatoms. The van der Waals surface area contributed by atoms with Crippen molar-refractivity contribution in [3.05, 3.63) is 40.5 Å². The Kier molecular flexibility index (Phi) is 4.38. The Labute approximate surface area is 119 Å². The van der Waals surface area contributed by atoms with Gasteiger partial charge in [-0.15, -0.1) is 0 Å². The van der Waals surface area contributed by atoms with Crippen LogP contribution in [-0.2, 0) is 0 Å². The molecule has 1 N–H and O–H groups in total. The summed E-state index contributed by atoms with van der Waals surface area (Å²) in [4.78, 5) is 9.08. The molecule has 1 aromatic carbocycles. The second-order valence-corrected chi connectivity index (χ2v) is 5.04. The molecule has 2 aromatic rings. The van der Waals surface area contributed by atoms with Crippen LogP contribution in [0.4, 0.5) is 5.82 Å². The van der Waals surface area contributed by atoms with Gasteiger partial charge in [0.15, 0.2) is 5.82 Å². The summed E-state index contributed by atoms with van der Waals surface area (Å²) in [5, 5.41) is 4.03. The van der Waals surface area contributed by atoms with Crippen LogP contribution in [0.25, 0.3) is 11.4 Å². The minimum Gasteiger partial charge on any atom is -0.370 e. The number of aromatic nitrogens is 2. The van der Waals surface area contributed by atoms with Gasteiger partial charge in [0.1, 0.15) is 5.82 Å². The van der Waals surface area contributed by atoms with Gasteiger partial charge in [-0.3, -0.25) is 0 Å². The van der Waals surface area contributed by atoms with Crippen molar-refractivity contribution in [1.29, 1.82) is 0 Å². The molecule has 0 aliphatic rings. The Hall–Kier alpha value is -1.61. The zero-order valence-corrected chi connectivity index (χ0v) is 12.3. The maximum atomic E-state index is 5.98. The highest BCUT2D eigenvalue weighted by Crippen LogP contribution is 2.24. The molecule has 0 saturated carbocycles. The summed E-state index contributed by atoms with van der Waals surface area (Å²) in [6.07, 6.45) is 1.07. The molecular weight excluding hydrogens is 258 g/mol. The van der Waals surface area contributed by atoms with Gasteiger partial charge in [-0.2, -0.15) is 0 Å². The van der Waals surface area contributed by atoms with Crippen LogP contribution in [-0.4, -0.2) is 16.5 Å². The molecule has 0 spiro atoms. The minimum absolute atomic E-state index is 0.734. The van der Waals surface area contributed by atoms with E-state index in [4.69, 9.17) is 11.6 Å². The first-order valence-corrected chi connectivity index (χ1v) is 6.84. The van der Waals surface area contributed by atoms with Gasteiger partial charge in [-0.05, 0) is 44.0 Å². The highest BCUT2D eigenvalue weighted by atomic mass is 35.5. The minimum atomic E-state index is 0.734. The predicted molar refractivity (Wildman–Crippen MR) is 80.7 cm³/mol. The van der Waals surface area contributed by atoms with Gasteiger partial charge in [0.25, 0.3) is 0 Å². The second-order valence-electron chi connectivity index (χ2n) is 4.60.